The number of amides is 2. The van der Waals surface area contributed by atoms with Crippen LogP contribution in [-0.4, -0.2) is 81.0 Å². The number of nitrogens with one attached hydrogen (secondary N) is 2. The highest BCUT2D eigenvalue weighted by molar-refractivity contribution is 7.86. The first-order valence-corrected chi connectivity index (χ1v) is 19.2. The number of piperidine rings is 1. The number of hydrogen-bond acceptors (Lipinski definition) is 8. The summed E-state index contributed by atoms with van der Waals surface area (Å²) in [4.78, 5) is 26.3. The summed E-state index contributed by atoms with van der Waals surface area (Å²) >= 11 is 0. The van der Waals surface area contributed by atoms with E-state index in [2.05, 4.69) is 15.5 Å². The van der Waals surface area contributed by atoms with Crippen LogP contribution in [0.15, 0.2) is 29.2 Å². The molecule has 280 valence electrons. The van der Waals surface area contributed by atoms with E-state index in [4.69, 9.17) is 13.7 Å². The van der Waals surface area contributed by atoms with Gasteiger partial charge in [-0.15, -0.1) is 0 Å². The molecule has 1 saturated heterocycles. The summed E-state index contributed by atoms with van der Waals surface area (Å²) in [7, 11) is -3.80. The quantitative estimate of drug-likeness (QED) is 0.264. The number of rotatable bonds is 8. The van der Waals surface area contributed by atoms with Gasteiger partial charge in [0.15, 0.2) is 0 Å². The molecule has 1 heterocycles. The number of carbonyl (C=O) groups is 2. The van der Waals surface area contributed by atoms with Crippen molar-refractivity contribution in [2.75, 3.05) is 26.2 Å². The first kappa shape index (κ1) is 40.9. The third kappa shape index (κ3) is 15.1. The fourth-order valence-electron chi connectivity index (χ4n) is 6.48. The summed E-state index contributed by atoms with van der Waals surface area (Å²) in [5.41, 5.74) is -0.0930. The molecule has 2 aliphatic carbocycles. The number of carbonyl (C=O) groups excluding carboxylic acids is 2. The summed E-state index contributed by atoms with van der Waals surface area (Å²) in [6.07, 6.45) is 6.83. The Balaban J connectivity index is 0.000000267. The number of alkyl halides is 2. The summed E-state index contributed by atoms with van der Waals surface area (Å²) < 4.78 is 67.2. The molecule has 0 radical (unpaired) electrons. The number of ether oxygens (including phenoxy) is 2. The van der Waals surface area contributed by atoms with E-state index in [1.807, 2.05) is 48.5 Å². The Labute approximate surface area is 292 Å². The molecular weight excluding hydrogens is 656 g/mol. The predicted octanol–water partition coefficient (Wildman–Crippen LogP) is 7.58. The highest BCUT2D eigenvalue weighted by Gasteiger charge is 2.36. The molecule has 49 heavy (non-hydrogen) atoms. The van der Waals surface area contributed by atoms with Crippen LogP contribution in [0.5, 0.6) is 0 Å². The van der Waals surface area contributed by atoms with Gasteiger partial charge in [0.25, 0.3) is 16.0 Å². The first-order valence-electron chi connectivity index (χ1n) is 17.8. The lowest BCUT2D eigenvalue weighted by atomic mass is 9.84. The fourth-order valence-corrected chi connectivity index (χ4v) is 7.44. The molecule has 1 aromatic carbocycles. The minimum absolute atomic E-state index is 0.0517. The molecule has 3 fully saturated rings. The van der Waals surface area contributed by atoms with Crippen LogP contribution in [0.1, 0.15) is 111 Å². The van der Waals surface area contributed by atoms with Crippen molar-refractivity contribution in [3.05, 3.63) is 29.8 Å². The van der Waals surface area contributed by atoms with Crippen LogP contribution in [0.3, 0.4) is 0 Å². The van der Waals surface area contributed by atoms with Crippen LogP contribution in [0.25, 0.3) is 0 Å². The predicted molar refractivity (Wildman–Crippen MR) is 185 cm³/mol. The van der Waals surface area contributed by atoms with E-state index in [0.717, 1.165) is 63.5 Å². The average molecular weight is 716 g/mol. The van der Waals surface area contributed by atoms with Crippen LogP contribution >= 0.6 is 0 Å². The fraction of sp³-hybridized carbons (Fsp3) is 0.778. The van der Waals surface area contributed by atoms with E-state index in [1.165, 1.54) is 0 Å². The molecule has 13 heteroatoms. The normalized spacial score (nSPS) is 24.9. The number of hydrogen-bond donors (Lipinski definition) is 2. The van der Waals surface area contributed by atoms with E-state index in [-0.39, 0.29) is 48.4 Å². The molecule has 0 aromatic heterocycles. The molecular formula is C36H59F2N3O7S. The topological polar surface area (TPSA) is 123 Å². The van der Waals surface area contributed by atoms with Crippen molar-refractivity contribution in [2.24, 2.45) is 11.8 Å². The maximum absolute atomic E-state index is 13.3. The van der Waals surface area contributed by atoms with Gasteiger partial charge in [0, 0.05) is 50.5 Å². The van der Waals surface area contributed by atoms with Crippen molar-refractivity contribution in [2.45, 2.75) is 147 Å². The molecule has 10 nitrogen and oxygen atoms in total. The molecule has 4 atom stereocenters. The molecule has 2 saturated carbocycles. The molecule has 2 amide bonds. The average Bonchev–Trinajstić information content (AvgIpc) is 2.97. The van der Waals surface area contributed by atoms with Gasteiger partial charge in [-0.3, -0.25) is 4.18 Å². The largest absolute Gasteiger partial charge is 0.444 e. The molecule has 4 rings (SSSR count). The number of benzene rings is 1. The van der Waals surface area contributed by atoms with Gasteiger partial charge < -0.3 is 25.0 Å². The number of nitrogens with zero attached hydrogens (tertiary/aromatic N) is 1. The zero-order chi connectivity index (χ0) is 36.5. The zero-order valence-corrected chi connectivity index (χ0v) is 31.3. The third-order valence-corrected chi connectivity index (χ3v) is 10.3. The van der Waals surface area contributed by atoms with E-state index in [0.29, 0.717) is 19.0 Å². The maximum Gasteiger partial charge on any atom is 0.407 e. The van der Waals surface area contributed by atoms with Crippen LogP contribution in [0.4, 0.5) is 18.4 Å². The van der Waals surface area contributed by atoms with Crippen molar-refractivity contribution in [3.8, 4) is 0 Å². The minimum Gasteiger partial charge on any atom is -0.444 e. The minimum atomic E-state index is -3.80. The summed E-state index contributed by atoms with van der Waals surface area (Å²) in [5.74, 6) is -2.24. The Bertz CT molecular complexity index is 1300. The smallest absolute Gasteiger partial charge is 0.407 e. The summed E-state index contributed by atoms with van der Waals surface area (Å²) in [6.45, 7) is 14.6. The van der Waals surface area contributed by atoms with Gasteiger partial charge in [0.2, 0.25) is 0 Å². The van der Waals surface area contributed by atoms with E-state index in [1.54, 1.807) is 24.3 Å². The van der Waals surface area contributed by atoms with Crippen LogP contribution in [0, 0.1) is 18.8 Å². The van der Waals surface area contributed by atoms with Gasteiger partial charge in [-0.05, 0) is 92.2 Å². The van der Waals surface area contributed by atoms with Crippen molar-refractivity contribution in [1.29, 1.82) is 0 Å². The van der Waals surface area contributed by atoms with E-state index < -0.39 is 33.3 Å². The monoisotopic (exact) mass is 715 g/mol. The SMILES string of the molecule is CC(C)(C)OC(=O)N[C@@H]1CCCC[C@H]1CN1CCC(F)(F)CC1.Cc1ccc(S(=O)(=O)OC[C@@H]2CCCC[C@H]2NC(=O)OC(C)(C)C)cc1. The second-order valence-corrected chi connectivity index (χ2v) is 17.4. The molecule has 0 unspecified atom stereocenters. The molecule has 0 bridgehead atoms. The Kier molecular flexibility index (Phi) is 14.7. The van der Waals surface area contributed by atoms with Gasteiger partial charge in [-0.1, -0.05) is 43.4 Å². The van der Waals surface area contributed by atoms with Crippen molar-refractivity contribution >= 4 is 22.3 Å². The summed E-state index contributed by atoms with van der Waals surface area (Å²) in [5, 5.41) is 5.87. The Hall–Kier alpha value is -2.51. The van der Waals surface area contributed by atoms with Crippen LogP contribution in [0.2, 0.25) is 0 Å². The second kappa shape index (κ2) is 17.6. The van der Waals surface area contributed by atoms with Gasteiger partial charge in [-0.2, -0.15) is 8.42 Å². The number of halogens is 2. The van der Waals surface area contributed by atoms with Gasteiger partial charge in [-0.25, -0.2) is 18.4 Å². The number of likely N-dealkylation sites (tertiary alicyclic amines) is 1. The zero-order valence-electron chi connectivity index (χ0n) is 30.5. The Morgan fingerprint density at radius 1 is 0.796 bits per heavy atom. The lowest BCUT2D eigenvalue weighted by Crippen LogP contribution is -2.49. The second-order valence-electron chi connectivity index (χ2n) is 15.8. The molecule has 3 aliphatic rings. The highest BCUT2D eigenvalue weighted by Crippen LogP contribution is 2.31. The molecule has 1 aromatic rings. The first-order chi connectivity index (χ1) is 22.7. The standard InChI is InChI=1S/C19H29NO5S.C17H30F2N2O2/c1-14-9-11-16(12-10-14)26(22,23)24-13-15-7-5-6-8-17(15)20-18(21)25-19(2,3)4;1-16(2,3)23-15(22)20-14-7-5-4-6-13(14)12-21-10-8-17(18,19)9-11-21/h9-12,15,17H,5-8,13H2,1-4H3,(H,20,21);13-14H,4-12H2,1-3H3,(H,20,22)/t15-,17+;13-,14+/m00/s1. The van der Waals surface area contributed by atoms with Gasteiger partial charge >= 0.3 is 12.2 Å². The molecule has 2 N–H and O–H groups in total. The van der Waals surface area contributed by atoms with Crippen LogP contribution in [-0.2, 0) is 23.8 Å². The van der Waals surface area contributed by atoms with Crippen LogP contribution < -0.4 is 10.6 Å². The molecule has 1 aliphatic heterocycles. The van der Waals surface area contributed by atoms with Gasteiger partial charge in [0.1, 0.15) is 11.2 Å². The summed E-state index contributed by atoms with van der Waals surface area (Å²) in [6, 6.07) is 6.50. The lowest BCUT2D eigenvalue weighted by molar-refractivity contribution is -0.0587. The van der Waals surface area contributed by atoms with Crippen molar-refractivity contribution in [3.63, 3.8) is 0 Å². The number of aryl methyl sites for hydroxylation is 1. The lowest BCUT2D eigenvalue weighted by Gasteiger charge is -2.38. The van der Waals surface area contributed by atoms with Gasteiger partial charge in [0.05, 0.1) is 11.5 Å². The van der Waals surface area contributed by atoms with Crippen molar-refractivity contribution in [1.82, 2.24) is 15.5 Å². The van der Waals surface area contributed by atoms with E-state index >= 15 is 0 Å². The van der Waals surface area contributed by atoms with Crippen molar-refractivity contribution < 1.29 is 40.4 Å². The third-order valence-electron chi connectivity index (χ3n) is 9.05. The highest BCUT2D eigenvalue weighted by atomic mass is 32.2. The number of alkyl carbamates (subject to hydrolysis) is 2. The maximum atomic E-state index is 13.3. The molecule has 0 spiro atoms. The Morgan fingerprint density at radius 2 is 1.24 bits per heavy atom. The Morgan fingerprint density at radius 3 is 1.73 bits per heavy atom. The van der Waals surface area contributed by atoms with E-state index in [9.17, 15) is 26.8 Å².